The van der Waals surface area contributed by atoms with Crippen LogP contribution in [0.15, 0.2) is 24.3 Å². The van der Waals surface area contributed by atoms with E-state index >= 15 is 0 Å². The average Bonchev–Trinajstić information content (AvgIpc) is 2.16. The molecule has 2 nitrogen and oxygen atoms in total. The van der Waals surface area contributed by atoms with Gasteiger partial charge in [0, 0.05) is 0 Å². The highest BCUT2D eigenvalue weighted by Gasteiger charge is 2.03. The summed E-state index contributed by atoms with van der Waals surface area (Å²) in [4.78, 5) is 0. The number of likely N-dealkylation sites (N-methyl/N-ethyl adjacent to an activating group) is 1. The van der Waals surface area contributed by atoms with Crippen molar-refractivity contribution in [1.29, 1.82) is 0 Å². The minimum atomic E-state index is -2.75. The van der Waals surface area contributed by atoms with Crippen molar-refractivity contribution in [2.45, 2.75) is 13.0 Å². The van der Waals surface area contributed by atoms with Gasteiger partial charge >= 0.3 is 6.61 Å². The van der Waals surface area contributed by atoms with Crippen LogP contribution in [0.25, 0.3) is 0 Å². The summed E-state index contributed by atoms with van der Waals surface area (Å²) >= 11 is 0. The molecule has 0 aliphatic carbocycles. The molecule has 78 valence electrons. The summed E-state index contributed by atoms with van der Waals surface area (Å²) < 4.78 is 27.8. The quantitative estimate of drug-likeness (QED) is 0.787. The SMILES string of the molecule is CNCCc1ccc(OC(F)F)cc1. The summed E-state index contributed by atoms with van der Waals surface area (Å²) in [6.45, 7) is -1.88. The van der Waals surface area contributed by atoms with Gasteiger partial charge in [0.15, 0.2) is 0 Å². The van der Waals surface area contributed by atoms with Gasteiger partial charge in [0.05, 0.1) is 0 Å². The van der Waals surface area contributed by atoms with Gasteiger partial charge in [-0.2, -0.15) is 8.78 Å². The molecule has 1 aromatic rings. The fourth-order valence-corrected chi connectivity index (χ4v) is 1.11. The van der Waals surface area contributed by atoms with Crippen LogP contribution < -0.4 is 10.1 Å². The molecule has 0 spiro atoms. The standard InChI is InChI=1S/C10H13F2NO/c1-13-7-6-8-2-4-9(5-3-8)14-10(11)12/h2-5,10,13H,6-7H2,1H3. The Bertz CT molecular complexity index is 261. The lowest BCUT2D eigenvalue weighted by atomic mass is 10.1. The molecule has 0 heterocycles. The second kappa shape index (κ2) is 5.54. The Morgan fingerprint density at radius 3 is 2.43 bits per heavy atom. The van der Waals surface area contributed by atoms with Crippen molar-refractivity contribution in [3.8, 4) is 5.75 Å². The molecule has 0 aliphatic rings. The number of halogens is 2. The average molecular weight is 201 g/mol. The predicted octanol–water partition coefficient (Wildman–Crippen LogP) is 2.05. The molecule has 0 aliphatic heterocycles. The Kier molecular flexibility index (Phi) is 4.32. The van der Waals surface area contributed by atoms with Crippen molar-refractivity contribution in [2.75, 3.05) is 13.6 Å². The van der Waals surface area contributed by atoms with E-state index in [4.69, 9.17) is 0 Å². The zero-order chi connectivity index (χ0) is 10.4. The van der Waals surface area contributed by atoms with Crippen LogP contribution >= 0.6 is 0 Å². The Labute approximate surface area is 81.9 Å². The van der Waals surface area contributed by atoms with Crippen LogP contribution in [0.1, 0.15) is 5.56 Å². The van der Waals surface area contributed by atoms with Crippen LogP contribution in [0.5, 0.6) is 5.75 Å². The van der Waals surface area contributed by atoms with Crippen molar-refractivity contribution in [2.24, 2.45) is 0 Å². The largest absolute Gasteiger partial charge is 0.435 e. The summed E-state index contributed by atoms with van der Waals surface area (Å²) in [7, 11) is 1.87. The number of alkyl halides is 2. The molecule has 1 aromatic carbocycles. The van der Waals surface area contributed by atoms with Crippen molar-refractivity contribution in [3.63, 3.8) is 0 Å². The first-order valence-electron chi connectivity index (χ1n) is 4.40. The van der Waals surface area contributed by atoms with Gasteiger partial charge in [0.2, 0.25) is 0 Å². The van der Waals surface area contributed by atoms with Gasteiger partial charge in [0.1, 0.15) is 5.75 Å². The summed E-state index contributed by atoms with van der Waals surface area (Å²) in [5.74, 6) is 0.202. The van der Waals surface area contributed by atoms with Gasteiger partial charge < -0.3 is 10.1 Å². The maximum Gasteiger partial charge on any atom is 0.387 e. The highest BCUT2D eigenvalue weighted by Crippen LogP contribution is 2.14. The van der Waals surface area contributed by atoms with E-state index in [0.29, 0.717) is 0 Å². The van der Waals surface area contributed by atoms with Gasteiger partial charge in [-0.3, -0.25) is 0 Å². The molecule has 0 aromatic heterocycles. The molecule has 1 N–H and O–H groups in total. The van der Waals surface area contributed by atoms with E-state index in [1.165, 1.54) is 0 Å². The first-order valence-corrected chi connectivity index (χ1v) is 4.40. The van der Waals surface area contributed by atoms with E-state index < -0.39 is 6.61 Å². The summed E-state index contributed by atoms with van der Waals surface area (Å²) in [6, 6.07) is 6.68. The van der Waals surface area contributed by atoms with Crippen LogP contribution in [0.2, 0.25) is 0 Å². The van der Waals surface area contributed by atoms with E-state index in [1.807, 2.05) is 7.05 Å². The Hall–Kier alpha value is -1.16. The first-order chi connectivity index (χ1) is 6.72. The molecule has 0 unspecified atom stereocenters. The monoisotopic (exact) mass is 201 g/mol. The molecule has 4 heteroatoms. The molecular formula is C10H13F2NO. The lowest BCUT2D eigenvalue weighted by molar-refractivity contribution is -0.0498. The Morgan fingerprint density at radius 2 is 1.93 bits per heavy atom. The number of hydrogen-bond donors (Lipinski definition) is 1. The predicted molar refractivity (Wildman–Crippen MR) is 50.7 cm³/mol. The van der Waals surface area contributed by atoms with Crippen LogP contribution in [0, 0.1) is 0 Å². The lowest BCUT2D eigenvalue weighted by Crippen LogP contribution is -2.10. The summed E-state index contributed by atoms with van der Waals surface area (Å²) in [6.07, 6.45) is 0.880. The third kappa shape index (κ3) is 3.70. The second-order valence-corrected chi connectivity index (χ2v) is 2.88. The van der Waals surface area contributed by atoms with Crippen molar-refractivity contribution < 1.29 is 13.5 Å². The number of ether oxygens (including phenoxy) is 1. The second-order valence-electron chi connectivity index (χ2n) is 2.88. The van der Waals surface area contributed by atoms with Crippen LogP contribution in [0.3, 0.4) is 0 Å². The molecule has 0 saturated carbocycles. The molecule has 0 radical (unpaired) electrons. The van der Waals surface area contributed by atoms with Crippen LogP contribution in [0.4, 0.5) is 8.78 Å². The van der Waals surface area contributed by atoms with E-state index in [0.717, 1.165) is 18.5 Å². The van der Waals surface area contributed by atoms with Gasteiger partial charge in [-0.25, -0.2) is 0 Å². The fourth-order valence-electron chi connectivity index (χ4n) is 1.11. The van der Waals surface area contributed by atoms with E-state index in [2.05, 4.69) is 10.1 Å². The number of benzene rings is 1. The number of nitrogens with one attached hydrogen (secondary N) is 1. The molecule has 0 atom stereocenters. The highest BCUT2D eigenvalue weighted by atomic mass is 19.3. The van der Waals surface area contributed by atoms with E-state index in [9.17, 15) is 8.78 Å². The van der Waals surface area contributed by atoms with Gasteiger partial charge in [-0.05, 0) is 37.7 Å². The third-order valence-electron chi connectivity index (χ3n) is 1.81. The minimum absolute atomic E-state index is 0.202. The molecule has 0 amide bonds. The van der Waals surface area contributed by atoms with Gasteiger partial charge in [-0.15, -0.1) is 0 Å². The zero-order valence-corrected chi connectivity index (χ0v) is 7.97. The molecule has 1 rings (SSSR count). The summed E-state index contributed by atoms with van der Waals surface area (Å²) in [5.41, 5.74) is 1.10. The maximum absolute atomic E-state index is 11.8. The van der Waals surface area contributed by atoms with E-state index in [-0.39, 0.29) is 5.75 Å². The molecule has 0 saturated heterocycles. The fraction of sp³-hybridized carbons (Fsp3) is 0.400. The highest BCUT2D eigenvalue weighted by molar-refractivity contribution is 5.27. The summed E-state index contributed by atoms with van der Waals surface area (Å²) in [5, 5.41) is 3.01. The number of hydrogen-bond acceptors (Lipinski definition) is 2. The zero-order valence-electron chi connectivity index (χ0n) is 7.97. The van der Waals surface area contributed by atoms with Crippen LogP contribution in [-0.4, -0.2) is 20.2 Å². The Balaban J connectivity index is 2.50. The first kappa shape index (κ1) is 10.9. The van der Waals surface area contributed by atoms with Gasteiger partial charge in [0.25, 0.3) is 0 Å². The lowest BCUT2D eigenvalue weighted by Gasteiger charge is -2.05. The van der Waals surface area contributed by atoms with Crippen molar-refractivity contribution in [1.82, 2.24) is 5.32 Å². The molecular weight excluding hydrogens is 188 g/mol. The molecule has 0 fully saturated rings. The smallest absolute Gasteiger partial charge is 0.387 e. The third-order valence-corrected chi connectivity index (χ3v) is 1.81. The molecule has 0 bridgehead atoms. The van der Waals surface area contributed by atoms with E-state index in [1.54, 1.807) is 24.3 Å². The Morgan fingerprint density at radius 1 is 1.29 bits per heavy atom. The van der Waals surface area contributed by atoms with Crippen molar-refractivity contribution >= 4 is 0 Å². The van der Waals surface area contributed by atoms with Crippen LogP contribution in [-0.2, 0) is 6.42 Å². The van der Waals surface area contributed by atoms with Gasteiger partial charge in [-0.1, -0.05) is 12.1 Å². The van der Waals surface area contributed by atoms with Crippen molar-refractivity contribution in [3.05, 3.63) is 29.8 Å². The number of rotatable bonds is 5. The molecule has 14 heavy (non-hydrogen) atoms. The minimum Gasteiger partial charge on any atom is -0.435 e. The normalized spacial score (nSPS) is 10.6. The topological polar surface area (TPSA) is 21.3 Å². The maximum atomic E-state index is 11.8.